The Morgan fingerprint density at radius 3 is 2.48 bits per heavy atom. The van der Waals surface area contributed by atoms with E-state index in [4.69, 9.17) is 0 Å². The quantitative estimate of drug-likeness (QED) is 0.886. The van der Waals surface area contributed by atoms with Gasteiger partial charge in [0.05, 0.1) is 4.90 Å². The number of hydrogen-bond acceptors (Lipinski definition) is 3. The van der Waals surface area contributed by atoms with Crippen molar-refractivity contribution >= 4 is 22.4 Å². The predicted octanol–water partition coefficient (Wildman–Crippen LogP) is 2.22. The fourth-order valence-corrected chi connectivity index (χ4v) is 3.73. The Morgan fingerprint density at radius 2 is 1.90 bits per heavy atom. The Labute approximate surface area is 132 Å². The van der Waals surface area contributed by atoms with Gasteiger partial charge in [0, 0.05) is 6.54 Å². The minimum Gasteiger partial charge on any atom is -0.317 e. The first-order valence-electron chi connectivity index (χ1n) is 6.78. The van der Waals surface area contributed by atoms with Crippen LogP contribution in [-0.4, -0.2) is 28.1 Å². The van der Waals surface area contributed by atoms with E-state index in [9.17, 15) is 12.8 Å². The zero-order chi connectivity index (χ0) is 14.8. The highest BCUT2D eigenvalue weighted by Crippen LogP contribution is 2.27. The lowest BCUT2D eigenvalue weighted by molar-refractivity contribution is 0.232. The van der Waals surface area contributed by atoms with Gasteiger partial charge in [-0.15, -0.1) is 12.4 Å². The van der Waals surface area contributed by atoms with E-state index in [-0.39, 0.29) is 22.7 Å². The highest BCUT2D eigenvalue weighted by atomic mass is 35.5. The molecule has 7 heteroatoms. The summed E-state index contributed by atoms with van der Waals surface area (Å²) in [6.45, 7) is 5.94. The SMILES string of the molecule is Cc1cc(F)cc(S(=O)(=O)NCC2(C)CCNCC2)c1.Cl. The van der Waals surface area contributed by atoms with E-state index in [2.05, 4.69) is 17.0 Å². The molecular weight excluding hydrogens is 315 g/mol. The number of sulfonamides is 1. The number of benzene rings is 1. The van der Waals surface area contributed by atoms with Gasteiger partial charge in [-0.2, -0.15) is 0 Å². The Bertz CT molecular complexity index is 566. The Morgan fingerprint density at radius 1 is 1.29 bits per heavy atom. The summed E-state index contributed by atoms with van der Waals surface area (Å²) in [6, 6.07) is 3.85. The van der Waals surface area contributed by atoms with Crippen molar-refractivity contribution in [3.63, 3.8) is 0 Å². The molecule has 0 bridgehead atoms. The molecule has 0 aromatic heterocycles. The molecule has 0 spiro atoms. The number of nitrogens with one attached hydrogen (secondary N) is 2. The predicted molar refractivity (Wildman–Crippen MR) is 83.8 cm³/mol. The van der Waals surface area contributed by atoms with E-state index in [1.54, 1.807) is 6.92 Å². The van der Waals surface area contributed by atoms with Crippen LogP contribution in [0.1, 0.15) is 25.3 Å². The second kappa shape index (κ2) is 7.05. The van der Waals surface area contributed by atoms with Gasteiger partial charge >= 0.3 is 0 Å². The summed E-state index contributed by atoms with van der Waals surface area (Å²) in [4.78, 5) is -0.00691. The molecule has 4 nitrogen and oxygen atoms in total. The molecule has 1 aromatic rings. The maximum Gasteiger partial charge on any atom is 0.240 e. The van der Waals surface area contributed by atoms with Crippen molar-refractivity contribution in [1.82, 2.24) is 10.0 Å². The highest BCUT2D eigenvalue weighted by molar-refractivity contribution is 7.89. The molecule has 1 aliphatic heterocycles. The van der Waals surface area contributed by atoms with Crippen LogP contribution in [0.3, 0.4) is 0 Å². The molecule has 0 amide bonds. The van der Waals surface area contributed by atoms with Crippen LogP contribution < -0.4 is 10.0 Å². The van der Waals surface area contributed by atoms with Gasteiger partial charge in [-0.1, -0.05) is 6.92 Å². The average Bonchev–Trinajstić information content (AvgIpc) is 2.37. The third kappa shape index (κ3) is 4.92. The van der Waals surface area contributed by atoms with E-state index in [1.807, 2.05) is 0 Å². The van der Waals surface area contributed by atoms with Gasteiger partial charge in [-0.25, -0.2) is 17.5 Å². The number of piperidine rings is 1. The summed E-state index contributed by atoms with van der Waals surface area (Å²) in [5, 5.41) is 3.26. The van der Waals surface area contributed by atoms with Gasteiger partial charge in [0.2, 0.25) is 10.0 Å². The maximum atomic E-state index is 13.3. The molecule has 0 aliphatic carbocycles. The lowest BCUT2D eigenvalue weighted by atomic mass is 9.81. The Hall–Kier alpha value is -0.690. The molecule has 1 aliphatic rings. The van der Waals surface area contributed by atoms with E-state index < -0.39 is 15.8 Å². The number of aryl methyl sites for hydroxylation is 1. The minimum atomic E-state index is -3.65. The van der Waals surface area contributed by atoms with Crippen LogP contribution in [0.15, 0.2) is 23.1 Å². The van der Waals surface area contributed by atoms with Gasteiger partial charge in [0.15, 0.2) is 0 Å². The monoisotopic (exact) mass is 336 g/mol. The third-order valence-electron chi connectivity index (χ3n) is 3.83. The van der Waals surface area contributed by atoms with Crippen LogP contribution in [0.5, 0.6) is 0 Å². The number of rotatable bonds is 4. The van der Waals surface area contributed by atoms with Crippen molar-refractivity contribution in [2.45, 2.75) is 31.6 Å². The third-order valence-corrected chi connectivity index (χ3v) is 5.21. The second-order valence-electron chi connectivity index (χ2n) is 5.85. The molecule has 1 fully saturated rings. The van der Waals surface area contributed by atoms with Crippen molar-refractivity contribution in [2.24, 2.45) is 5.41 Å². The zero-order valence-electron chi connectivity index (χ0n) is 12.3. The van der Waals surface area contributed by atoms with Crippen LogP contribution >= 0.6 is 12.4 Å². The topological polar surface area (TPSA) is 58.2 Å². The van der Waals surface area contributed by atoms with Crippen LogP contribution in [0.25, 0.3) is 0 Å². The van der Waals surface area contributed by atoms with Crippen molar-refractivity contribution < 1.29 is 12.8 Å². The van der Waals surface area contributed by atoms with Gasteiger partial charge in [-0.3, -0.25) is 0 Å². The fraction of sp³-hybridized carbons (Fsp3) is 0.571. The molecule has 120 valence electrons. The maximum absolute atomic E-state index is 13.3. The highest BCUT2D eigenvalue weighted by Gasteiger charge is 2.28. The Kier molecular flexibility index (Phi) is 6.16. The molecule has 0 radical (unpaired) electrons. The molecule has 0 saturated carbocycles. The van der Waals surface area contributed by atoms with Crippen LogP contribution in [-0.2, 0) is 10.0 Å². The second-order valence-corrected chi connectivity index (χ2v) is 7.62. The van der Waals surface area contributed by atoms with Gasteiger partial charge < -0.3 is 5.32 Å². The summed E-state index contributed by atoms with van der Waals surface area (Å²) in [5.41, 5.74) is 0.555. The van der Waals surface area contributed by atoms with E-state index >= 15 is 0 Å². The Balaban J connectivity index is 0.00000220. The molecular formula is C14H22ClFN2O2S. The number of halogens is 2. The van der Waals surface area contributed by atoms with E-state index in [0.29, 0.717) is 12.1 Å². The molecule has 0 unspecified atom stereocenters. The largest absolute Gasteiger partial charge is 0.317 e. The van der Waals surface area contributed by atoms with Gasteiger partial charge in [0.1, 0.15) is 5.82 Å². The van der Waals surface area contributed by atoms with Crippen molar-refractivity contribution in [3.05, 3.63) is 29.6 Å². The van der Waals surface area contributed by atoms with E-state index in [1.165, 1.54) is 12.1 Å². The molecule has 1 heterocycles. The molecule has 2 N–H and O–H groups in total. The lowest BCUT2D eigenvalue weighted by Gasteiger charge is -2.34. The van der Waals surface area contributed by atoms with Crippen LogP contribution in [0, 0.1) is 18.2 Å². The van der Waals surface area contributed by atoms with E-state index in [0.717, 1.165) is 32.0 Å². The van der Waals surface area contributed by atoms with Gasteiger partial charge in [0.25, 0.3) is 0 Å². The molecule has 0 atom stereocenters. The summed E-state index contributed by atoms with van der Waals surface area (Å²) >= 11 is 0. The molecule has 1 saturated heterocycles. The van der Waals surface area contributed by atoms with Gasteiger partial charge in [-0.05, 0) is 62.0 Å². The summed E-state index contributed by atoms with van der Waals surface area (Å²) in [5.74, 6) is -0.529. The van der Waals surface area contributed by atoms with Crippen LogP contribution in [0.2, 0.25) is 0 Å². The normalized spacial score (nSPS) is 18.0. The van der Waals surface area contributed by atoms with Crippen molar-refractivity contribution in [1.29, 1.82) is 0 Å². The van der Waals surface area contributed by atoms with Crippen molar-refractivity contribution in [2.75, 3.05) is 19.6 Å². The van der Waals surface area contributed by atoms with Crippen LogP contribution in [0.4, 0.5) is 4.39 Å². The van der Waals surface area contributed by atoms with Crippen molar-refractivity contribution in [3.8, 4) is 0 Å². The summed E-state index contributed by atoms with van der Waals surface area (Å²) in [7, 11) is -3.65. The number of hydrogen-bond donors (Lipinski definition) is 2. The summed E-state index contributed by atoms with van der Waals surface area (Å²) < 4.78 is 40.4. The standard InChI is InChI=1S/C14H21FN2O2S.ClH/c1-11-7-12(15)9-13(8-11)20(18,19)17-10-14(2)3-5-16-6-4-14;/h7-9,16-17H,3-6,10H2,1-2H3;1H. The first-order chi connectivity index (χ1) is 9.31. The average molecular weight is 337 g/mol. The lowest BCUT2D eigenvalue weighted by Crippen LogP contribution is -2.42. The molecule has 1 aromatic carbocycles. The smallest absolute Gasteiger partial charge is 0.240 e. The zero-order valence-corrected chi connectivity index (χ0v) is 13.9. The first kappa shape index (κ1) is 18.4. The molecule has 21 heavy (non-hydrogen) atoms. The molecule has 2 rings (SSSR count). The summed E-state index contributed by atoms with van der Waals surface area (Å²) in [6.07, 6.45) is 1.86. The fourth-order valence-electron chi connectivity index (χ4n) is 2.42. The first-order valence-corrected chi connectivity index (χ1v) is 8.27. The minimum absolute atomic E-state index is 0.